The molecule has 5 heterocycles. The molecule has 7 nitrogen and oxygen atoms in total. The number of pyridine rings is 1. The van der Waals surface area contributed by atoms with Crippen LogP contribution in [-0.2, 0) is 0 Å². The topological polar surface area (TPSA) is 94.3 Å². The zero-order valence-electron chi connectivity index (χ0n) is 15.7. The number of rotatable bonds is 3. The fraction of sp³-hybridized carbons (Fsp3) is 0.227. The smallest absolute Gasteiger partial charge is 0.173 e. The lowest BCUT2D eigenvalue weighted by atomic mass is 9.91. The molecular weight excluding hydrogens is 364 g/mol. The van der Waals surface area contributed by atoms with Crippen molar-refractivity contribution in [3.63, 3.8) is 0 Å². The number of fused-ring (bicyclic) bond motifs is 2. The molecule has 7 heteroatoms. The molecule has 1 saturated heterocycles. The highest BCUT2D eigenvalue weighted by atomic mass is 16.3. The summed E-state index contributed by atoms with van der Waals surface area (Å²) in [6.45, 7) is 2.54. The molecule has 0 radical (unpaired) electrons. The third kappa shape index (κ3) is 2.58. The first kappa shape index (κ1) is 16.5. The monoisotopic (exact) mass is 384 g/mol. The average molecular weight is 384 g/mol. The predicted octanol–water partition coefficient (Wildman–Crippen LogP) is 2.69. The van der Waals surface area contributed by atoms with Crippen LogP contribution in [0.25, 0.3) is 22.1 Å². The molecule has 2 aliphatic heterocycles. The van der Waals surface area contributed by atoms with Crippen molar-refractivity contribution in [3.8, 4) is 11.3 Å². The van der Waals surface area contributed by atoms with Crippen LogP contribution < -0.4 is 11.1 Å². The highest BCUT2D eigenvalue weighted by Crippen LogP contribution is 2.38. The van der Waals surface area contributed by atoms with Crippen LogP contribution in [-0.4, -0.2) is 40.2 Å². The Balaban J connectivity index is 1.44. The van der Waals surface area contributed by atoms with Gasteiger partial charge in [0.1, 0.15) is 5.76 Å². The van der Waals surface area contributed by atoms with E-state index >= 15 is 0 Å². The van der Waals surface area contributed by atoms with Gasteiger partial charge >= 0.3 is 0 Å². The highest BCUT2D eigenvalue weighted by Gasteiger charge is 2.30. The third-order valence-electron chi connectivity index (χ3n) is 5.92. The summed E-state index contributed by atoms with van der Waals surface area (Å²) in [5.41, 5.74) is 9.44. The lowest BCUT2D eigenvalue weighted by Crippen LogP contribution is -2.43. The molecule has 0 amide bonds. The lowest BCUT2D eigenvalue weighted by Gasteiger charge is -2.27. The molecule has 1 unspecified atom stereocenters. The number of hydrogen-bond donors (Lipinski definition) is 2. The fourth-order valence-corrected chi connectivity index (χ4v) is 4.17. The Bertz CT molecular complexity index is 1240. The molecule has 1 aromatic carbocycles. The van der Waals surface area contributed by atoms with Crippen LogP contribution in [0.3, 0.4) is 0 Å². The molecule has 144 valence electrons. The molecule has 0 bridgehead atoms. The van der Waals surface area contributed by atoms with Gasteiger partial charge in [0.05, 0.1) is 18.8 Å². The van der Waals surface area contributed by atoms with Gasteiger partial charge in [0.2, 0.25) is 0 Å². The maximum Gasteiger partial charge on any atom is 0.173 e. The van der Waals surface area contributed by atoms with E-state index in [9.17, 15) is 0 Å². The first-order valence-corrected chi connectivity index (χ1v) is 9.80. The van der Waals surface area contributed by atoms with Gasteiger partial charge in [-0.1, -0.05) is 18.2 Å². The summed E-state index contributed by atoms with van der Waals surface area (Å²) in [5.74, 6) is 2.01. The van der Waals surface area contributed by atoms with Crippen molar-refractivity contribution >= 4 is 16.6 Å². The van der Waals surface area contributed by atoms with Crippen molar-refractivity contribution in [2.45, 2.75) is 12.0 Å². The van der Waals surface area contributed by atoms with E-state index in [1.807, 2.05) is 29.2 Å². The van der Waals surface area contributed by atoms with E-state index in [1.165, 1.54) is 0 Å². The van der Waals surface area contributed by atoms with Gasteiger partial charge in [0.25, 0.3) is 0 Å². The fourth-order valence-electron chi connectivity index (χ4n) is 4.17. The number of hydrogen-bond acceptors (Lipinski definition) is 6. The van der Waals surface area contributed by atoms with E-state index in [4.69, 9.17) is 10.2 Å². The van der Waals surface area contributed by atoms with Gasteiger partial charge in [0, 0.05) is 54.1 Å². The van der Waals surface area contributed by atoms with E-state index in [-0.39, 0.29) is 5.92 Å². The van der Waals surface area contributed by atoms with Crippen molar-refractivity contribution < 1.29 is 4.42 Å². The number of furan rings is 1. The molecular formula is C22H20N6O. The maximum absolute atomic E-state index is 6.24. The summed E-state index contributed by atoms with van der Waals surface area (Å²) < 4.78 is 8.28. The van der Waals surface area contributed by atoms with Crippen LogP contribution in [0.4, 0.5) is 0 Å². The van der Waals surface area contributed by atoms with Gasteiger partial charge in [-0.2, -0.15) is 5.10 Å². The van der Waals surface area contributed by atoms with E-state index in [0.717, 1.165) is 46.3 Å². The second-order valence-corrected chi connectivity index (χ2v) is 7.64. The Kier molecular flexibility index (Phi) is 3.57. The molecule has 0 spiro atoms. The minimum Gasteiger partial charge on any atom is -0.453 e. The molecule has 1 fully saturated rings. The van der Waals surface area contributed by atoms with E-state index in [0.29, 0.717) is 24.2 Å². The molecule has 3 N–H and O–H groups in total. The number of nitrogens with two attached hydrogens (primary N) is 1. The van der Waals surface area contributed by atoms with Crippen LogP contribution in [0, 0.1) is 0 Å². The van der Waals surface area contributed by atoms with Gasteiger partial charge in [0.15, 0.2) is 11.6 Å². The standard InChI is InChI=1S/C22H20N6O/c23-22-21-18(19(11-26-22)14-8-27-28(12-14)15-9-25-10-15)6-20(29-21)17-3-1-2-13-7-24-5-4-16(13)17/h1-8,12,15,19,25H,9-11H2,(H2,23,26). The van der Waals surface area contributed by atoms with Gasteiger partial charge in [-0.15, -0.1) is 0 Å². The minimum atomic E-state index is 0.0910. The van der Waals surface area contributed by atoms with Crippen LogP contribution in [0.5, 0.6) is 0 Å². The lowest BCUT2D eigenvalue weighted by molar-refractivity contribution is 0.318. The minimum absolute atomic E-state index is 0.0910. The largest absolute Gasteiger partial charge is 0.453 e. The molecule has 3 aromatic heterocycles. The molecule has 29 heavy (non-hydrogen) atoms. The zero-order valence-corrected chi connectivity index (χ0v) is 15.7. The summed E-state index contributed by atoms with van der Waals surface area (Å²) in [5, 5.41) is 10.0. The van der Waals surface area contributed by atoms with Gasteiger partial charge in [-0.05, 0) is 23.1 Å². The van der Waals surface area contributed by atoms with Crippen molar-refractivity contribution in [1.82, 2.24) is 20.1 Å². The highest BCUT2D eigenvalue weighted by molar-refractivity contribution is 6.00. The summed E-state index contributed by atoms with van der Waals surface area (Å²) in [6.07, 6.45) is 7.74. The zero-order chi connectivity index (χ0) is 19.4. The van der Waals surface area contributed by atoms with Crippen molar-refractivity contribution in [1.29, 1.82) is 0 Å². The van der Waals surface area contributed by atoms with Gasteiger partial charge < -0.3 is 15.5 Å². The van der Waals surface area contributed by atoms with E-state index < -0.39 is 0 Å². The Hall–Kier alpha value is -3.45. The third-order valence-corrected chi connectivity index (χ3v) is 5.92. The number of nitrogens with one attached hydrogen (secondary N) is 1. The molecule has 2 aliphatic rings. The number of benzene rings is 1. The van der Waals surface area contributed by atoms with Crippen molar-refractivity contribution in [2.75, 3.05) is 19.6 Å². The Morgan fingerprint density at radius 1 is 1.17 bits per heavy atom. The number of amidine groups is 1. The second-order valence-electron chi connectivity index (χ2n) is 7.64. The normalized spacial score (nSPS) is 19.0. The van der Waals surface area contributed by atoms with E-state index in [2.05, 4.69) is 44.8 Å². The quantitative estimate of drug-likeness (QED) is 0.566. The Labute approximate surface area is 167 Å². The van der Waals surface area contributed by atoms with Crippen LogP contribution in [0.1, 0.15) is 28.8 Å². The first-order chi connectivity index (χ1) is 14.3. The van der Waals surface area contributed by atoms with Crippen LogP contribution >= 0.6 is 0 Å². The summed E-state index contributed by atoms with van der Waals surface area (Å²) >= 11 is 0. The molecule has 4 aromatic rings. The van der Waals surface area contributed by atoms with Crippen molar-refractivity contribution in [2.24, 2.45) is 10.7 Å². The van der Waals surface area contributed by atoms with E-state index in [1.54, 1.807) is 6.20 Å². The van der Waals surface area contributed by atoms with Crippen LogP contribution in [0.2, 0.25) is 0 Å². The molecule has 0 saturated carbocycles. The first-order valence-electron chi connectivity index (χ1n) is 9.80. The second kappa shape index (κ2) is 6.28. The average Bonchev–Trinajstić information content (AvgIpc) is 3.35. The molecule has 1 atom stereocenters. The number of nitrogens with zero attached hydrogens (tertiary/aromatic N) is 4. The van der Waals surface area contributed by atoms with Crippen LogP contribution in [0.15, 0.2) is 64.5 Å². The molecule has 6 rings (SSSR count). The Morgan fingerprint density at radius 2 is 2.10 bits per heavy atom. The predicted molar refractivity (Wildman–Crippen MR) is 111 cm³/mol. The van der Waals surface area contributed by atoms with Gasteiger partial charge in [-0.3, -0.25) is 14.7 Å². The summed E-state index contributed by atoms with van der Waals surface area (Å²) in [7, 11) is 0. The molecule has 0 aliphatic carbocycles. The summed E-state index contributed by atoms with van der Waals surface area (Å²) in [4.78, 5) is 8.75. The maximum atomic E-state index is 6.24. The SMILES string of the molecule is NC1=NCC(c2cnn(C3CNC3)c2)c2cc(-c3cccc4cnccc34)oc21. The van der Waals surface area contributed by atoms with Gasteiger partial charge in [-0.25, -0.2) is 0 Å². The summed E-state index contributed by atoms with van der Waals surface area (Å²) in [6, 6.07) is 10.7. The number of aromatic nitrogens is 3. The number of aliphatic imine (C=N–C) groups is 1. The Morgan fingerprint density at radius 3 is 2.97 bits per heavy atom. The van der Waals surface area contributed by atoms with Crippen molar-refractivity contribution in [3.05, 3.63) is 72.0 Å².